The molecule has 3 amide bonds. The number of ether oxygens (including phenoxy) is 2. The summed E-state index contributed by atoms with van der Waals surface area (Å²) in [5, 5.41) is 2.82. The topological polar surface area (TPSA) is 84.2 Å². The number of carbonyl (C=O) groups is 2. The number of urea groups is 1. The molecule has 2 aliphatic heterocycles. The Hall–Kier alpha value is -3.94. The molecule has 0 radical (unpaired) electrons. The standard InChI is InChI=1S/C25H25N3O5/c1-31-21-12-16-9-10-27-24(19(16)13-22(21)32-2)18-7-3-4-8-20(18)28(25(27)30)15-23(29)26-14-17-6-5-11-33-17/h3-8,11-13,24H,9-10,14-15H2,1-2H3,(H,26,29). The maximum atomic E-state index is 13.6. The van der Waals surface area contributed by atoms with Gasteiger partial charge in [-0.05, 0) is 47.9 Å². The molecule has 33 heavy (non-hydrogen) atoms. The van der Waals surface area contributed by atoms with Crippen LogP contribution in [0.2, 0.25) is 0 Å². The highest BCUT2D eigenvalue weighted by Crippen LogP contribution is 2.46. The smallest absolute Gasteiger partial charge is 0.325 e. The molecule has 2 aromatic carbocycles. The van der Waals surface area contributed by atoms with E-state index in [1.54, 1.807) is 37.5 Å². The van der Waals surface area contributed by atoms with Gasteiger partial charge < -0.3 is 24.1 Å². The average molecular weight is 447 g/mol. The highest BCUT2D eigenvalue weighted by atomic mass is 16.5. The molecule has 1 atom stereocenters. The van der Waals surface area contributed by atoms with E-state index >= 15 is 0 Å². The van der Waals surface area contributed by atoms with Gasteiger partial charge in [0.1, 0.15) is 12.3 Å². The molecule has 8 nitrogen and oxygen atoms in total. The molecule has 1 aromatic heterocycles. The van der Waals surface area contributed by atoms with Crippen molar-refractivity contribution < 1.29 is 23.5 Å². The molecule has 0 bridgehead atoms. The summed E-state index contributed by atoms with van der Waals surface area (Å²) in [7, 11) is 3.22. The van der Waals surface area contributed by atoms with Gasteiger partial charge in [0, 0.05) is 12.1 Å². The zero-order valence-corrected chi connectivity index (χ0v) is 18.5. The highest BCUT2D eigenvalue weighted by molar-refractivity contribution is 6.01. The summed E-state index contributed by atoms with van der Waals surface area (Å²) in [5.74, 6) is 1.71. The number of rotatable bonds is 6. The zero-order chi connectivity index (χ0) is 22.9. The van der Waals surface area contributed by atoms with Crippen molar-refractivity contribution in [1.29, 1.82) is 0 Å². The first-order chi connectivity index (χ1) is 16.1. The van der Waals surface area contributed by atoms with E-state index in [2.05, 4.69) is 5.32 Å². The average Bonchev–Trinajstić information content (AvgIpc) is 3.37. The van der Waals surface area contributed by atoms with Crippen LogP contribution in [0.25, 0.3) is 0 Å². The van der Waals surface area contributed by atoms with Crippen LogP contribution in [0, 0.1) is 0 Å². The molecule has 8 heteroatoms. The van der Waals surface area contributed by atoms with Gasteiger partial charge in [-0.15, -0.1) is 0 Å². The van der Waals surface area contributed by atoms with Crippen molar-refractivity contribution in [2.75, 3.05) is 32.2 Å². The lowest BCUT2D eigenvalue weighted by Crippen LogP contribution is -2.54. The van der Waals surface area contributed by atoms with Crippen LogP contribution >= 0.6 is 0 Å². The van der Waals surface area contributed by atoms with Gasteiger partial charge in [-0.25, -0.2) is 4.79 Å². The van der Waals surface area contributed by atoms with E-state index in [1.807, 2.05) is 41.3 Å². The summed E-state index contributed by atoms with van der Waals surface area (Å²) in [6.07, 6.45) is 2.25. The molecule has 2 aliphatic rings. The fraction of sp³-hybridized carbons (Fsp3) is 0.280. The Kier molecular flexibility index (Phi) is 5.42. The monoisotopic (exact) mass is 447 g/mol. The first-order valence-corrected chi connectivity index (χ1v) is 10.8. The molecule has 170 valence electrons. The van der Waals surface area contributed by atoms with E-state index in [9.17, 15) is 9.59 Å². The Bertz CT molecular complexity index is 1190. The second-order valence-corrected chi connectivity index (χ2v) is 8.04. The molecule has 3 heterocycles. The SMILES string of the molecule is COc1cc2c(cc1OC)C1c3ccccc3N(CC(=O)NCc3ccco3)C(=O)N1CC2. The fourth-order valence-electron chi connectivity index (χ4n) is 4.66. The number of carbonyl (C=O) groups excluding carboxylic acids is 2. The van der Waals surface area contributed by atoms with Gasteiger partial charge >= 0.3 is 6.03 Å². The third-order valence-corrected chi connectivity index (χ3v) is 6.21. The van der Waals surface area contributed by atoms with Crippen LogP contribution in [-0.2, 0) is 17.8 Å². The molecule has 0 aliphatic carbocycles. The summed E-state index contributed by atoms with van der Waals surface area (Å²) >= 11 is 0. The van der Waals surface area contributed by atoms with Crippen molar-refractivity contribution in [1.82, 2.24) is 10.2 Å². The Morgan fingerprint density at radius 2 is 1.88 bits per heavy atom. The Morgan fingerprint density at radius 3 is 2.64 bits per heavy atom. The maximum absolute atomic E-state index is 13.6. The molecule has 1 unspecified atom stereocenters. The van der Waals surface area contributed by atoms with Gasteiger partial charge in [0.2, 0.25) is 5.91 Å². The molecule has 5 rings (SSSR count). The third-order valence-electron chi connectivity index (χ3n) is 6.21. The fourth-order valence-corrected chi connectivity index (χ4v) is 4.66. The number of para-hydroxylation sites is 1. The van der Waals surface area contributed by atoms with Crippen molar-refractivity contribution in [3.05, 3.63) is 77.2 Å². The molecule has 0 saturated carbocycles. The Labute approximate surface area is 191 Å². The molecule has 0 spiro atoms. The van der Waals surface area contributed by atoms with Gasteiger partial charge in [-0.2, -0.15) is 0 Å². The minimum absolute atomic E-state index is 0.0709. The predicted octanol–water partition coefficient (Wildman–Crippen LogP) is 3.50. The van der Waals surface area contributed by atoms with Gasteiger partial charge in [0.05, 0.1) is 38.8 Å². The van der Waals surface area contributed by atoms with Crippen LogP contribution in [0.4, 0.5) is 10.5 Å². The Balaban J connectivity index is 1.48. The molecule has 0 saturated heterocycles. The maximum Gasteiger partial charge on any atom is 0.325 e. The molecular formula is C25H25N3O5. The number of furan rings is 1. The van der Waals surface area contributed by atoms with E-state index in [0.717, 1.165) is 22.4 Å². The van der Waals surface area contributed by atoms with Gasteiger partial charge in [0.25, 0.3) is 0 Å². The first-order valence-electron chi connectivity index (χ1n) is 10.8. The molecule has 3 aromatic rings. The number of hydrogen-bond acceptors (Lipinski definition) is 5. The first kappa shape index (κ1) is 20.9. The second-order valence-electron chi connectivity index (χ2n) is 8.04. The van der Waals surface area contributed by atoms with E-state index in [1.165, 1.54) is 0 Å². The zero-order valence-electron chi connectivity index (χ0n) is 18.5. The van der Waals surface area contributed by atoms with Gasteiger partial charge in [0.15, 0.2) is 11.5 Å². The number of amides is 3. The number of fused-ring (bicyclic) bond motifs is 5. The highest BCUT2D eigenvalue weighted by Gasteiger charge is 2.42. The van der Waals surface area contributed by atoms with Crippen LogP contribution in [-0.4, -0.2) is 44.1 Å². The van der Waals surface area contributed by atoms with Crippen molar-refractivity contribution in [3.63, 3.8) is 0 Å². The lowest BCUT2D eigenvalue weighted by atomic mass is 9.85. The largest absolute Gasteiger partial charge is 0.493 e. The van der Waals surface area contributed by atoms with Crippen LogP contribution < -0.4 is 19.7 Å². The van der Waals surface area contributed by atoms with E-state index < -0.39 is 0 Å². The second kappa shape index (κ2) is 8.54. The van der Waals surface area contributed by atoms with Crippen molar-refractivity contribution in [3.8, 4) is 11.5 Å². The summed E-state index contributed by atoms with van der Waals surface area (Å²) in [4.78, 5) is 29.6. The lowest BCUT2D eigenvalue weighted by Gasteiger charge is -2.45. The number of nitrogens with zero attached hydrogens (tertiary/aromatic N) is 2. The van der Waals surface area contributed by atoms with Gasteiger partial charge in [-0.3, -0.25) is 9.69 Å². The third kappa shape index (κ3) is 3.67. The van der Waals surface area contributed by atoms with Crippen LogP contribution in [0.5, 0.6) is 11.5 Å². The summed E-state index contributed by atoms with van der Waals surface area (Å²) < 4.78 is 16.3. The minimum Gasteiger partial charge on any atom is -0.493 e. The minimum atomic E-state index is -0.253. The summed E-state index contributed by atoms with van der Waals surface area (Å²) in [6, 6.07) is 14.8. The number of nitrogens with one attached hydrogen (secondary N) is 1. The van der Waals surface area contributed by atoms with Crippen LogP contribution in [0.3, 0.4) is 0 Å². The van der Waals surface area contributed by atoms with Gasteiger partial charge in [-0.1, -0.05) is 18.2 Å². The summed E-state index contributed by atoms with van der Waals surface area (Å²) in [6.45, 7) is 0.750. The predicted molar refractivity (Wildman–Crippen MR) is 122 cm³/mol. The number of anilines is 1. The van der Waals surface area contributed by atoms with Crippen LogP contribution in [0.15, 0.2) is 59.2 Å². The quantitative estimate of drug-likeness (QED) is 0.625. The van der Waals surface area contributed by atoms with Crippen molar-refractivity contribution in [2.45, 2.75) is 19.0 Å². The molecule has 1 N–H and O–H groups in total. The normalized spacial score (nSPS) is 16.5. The van der Waals surface area contributed by atoms with E-state index in [4.69, 9.17) is 13.9 Å². The molecular weight excluding hydrogens is 422 g/mol. The number of hydrogen-bond donors (Lipinski definition) is 1. The van der Waals surface area contributed by atoms with Crippen LogP contribution in [0.1, 0.15) is 28.5 Å². The van der Waals surface area contributed by atoms with Crippen molar-refractivity contribution >= 4 is 17.6 Å². The number of methoxy groups -OCH3 is 2. The number of benzene rings is 2. The summed E-state index contributed by atoms with van der Waals surface area (Å²) in [5.41, 5.74) is 3.85. The van der Waals surface area contributed by atoms with E-state index in [0.29, 0.717) is 30.2 Å². The Morgan fingerprint density at radius 1 is 1.09 bits per heavy atom. The lowest BCUT2D eigenvalue weighted by molar-refractivity contribution is -0.120. The van der Waals surface area contributed by atoms with E-state index in [-0.39, 0.29) is 31.1 Å². The molecule has 0 fully saturated rings. The van der Waals surface area contributed by atoms with Crippen molar-refractivity contribution in [2.24, 2.45) is 0 Å².